The van der Waals surface area contributed by atoms with Crippen LogP contribution in [0.4, 0.5) is 0 Å². The van der Waals surface area contributed by atoms with Crippen LogP contribution in [0.25, 0.3) is 0 Å². The number of carbonyl (C=O) groups is 1. The van der Waals surface area contributed by atoms with Gasteiger partial charge in [0.1, 0.15) is 0 Å². The number of nitrogens with one attached hydrogen (secondary N) is 2. The largest absolute Gasteiger partial charge is 0.355 e. The Bertz CT molecular complexity index is 690. The Labute approximate surface area is 195 Å². The minimum Gasteiger partial charge on any atom is -0.355 e. The predicted molar refractivity (Wildman–Crippen MR) is 131 cm³/mol. The lowest BCUT2D eigenvalue weighted by atomic mass is 9.79. The fraction of sp³-hybridized carbons (Fsp3) is 0.741. The molecule has 1 aromatic rings. The van der Waals surface area contributed by atoms with Gasteiger partial charge >= 0.3 is 0 Å². The van der Waals surface area contributed by atoms with Gasteiger partial charge in [0.05, 0.1) is 0 Å². The van der Waals surface area contributed by atoms with Gasteiger partial charge in [0.2, 0.25) is 5.91 Å². The zero-order valence-corrected chi connectivity index (χ0v) is 20.1. The summed E-state index contributed by atoms with van der Waals surface area (Å²) in [5, 5.41) is 6.97. The molecule has 2 saturated heterocycles. The van der Waals surface area contributed by atoms with Crippen molar-refractivity contribution in [2.75, 3.05) is 39.8 Å². The smallest absolute Gasteiger partial charge is 0.220 e. The Morgan fingerprint density at radius 2 is 1.97 bits per heavy atom. The van der Waals surface area contributed by atoms with Crippen molar-refractivity contribution in [1.29, 1.82) is 0 Å². The number of fused-ring (bicyclic) bond motifs is 2. The van der Waals surface area contributed by atoms with Gasteiger partial charge in [-0.1, -0.05) is 49.6 Å². The van der Waals surface area contributed by atoms with Crippen molar-refractivity contribution < 1.29 is 4.79 Å². The van der Waals surface area contributed by atoms with E-state index >= 15 is 0 Å². The molecule has 1 aromatic carbocycles. The van der Waals surface area contributed by atoms with Crippen LogP contribution < -0.4 is 10.6 Å². The third-order valence-electron chi connectivity index (χ3n) is 8.04. The van der Waals surface area contributed by atoms with Crippen LogP contribution in [0, 0.1) is 11.8 Å². The molecule has 0 unspecified atom stereocenters. The number of hydrogen-bond donors (Lipinski definition) is 2. The van der Waals surface area contributed by atoms with Gasteiger partial charge in [-0.05, 0) is 63.1 Å². The van der Waals surface area contributed by atoms with Crippen LogP contribution >= 0.6 is 0 Å². The highest BCUT2D eigenvalue weighted by molar-refractivity contribution is 5.75. The summed E-state index contributed by atoms with van der Waals surface area (Å²) in [5.41, 5.74) is 1.42. The van der Waals surface area contributed by atoms with Crippen LogP contribution in [0.3, 0.4) is 0 Å². The van der Waals surface area contributed by atoms with E-state index in [4.69, 9.17) is 0 Å². The standard InChI is InChI=1S/C27H44N4O/c1-30(25-11-6-3-7-12-25)16-15-28-27(32)14-8-13-26-24-17-23(18-29-26)20-31(21-24)19-22-9-4-2-5-10-22/h2,4-5,9-10,23-26,29H,3,6-8,11-21H2,1H3,(H,28,32)/t23-,24+,26+/m0/s1. The SMILES string of the molecule is CN(CCNC(=O)CCC[C@H]1NC[C@@H]2C[C@@H]1CN(Cc1ccccc1)C2)C1CCCCC1. The number of likely N-dealkylation sites (N-methyl/N-ethyl adjacent to an activating group) is 1. The van der Waals surface area contributed by atoms with Crippen LogP contribution in [-0.4, -0.2) is 67.6 Å². The minimum absolute atomic E-state index is 0.227. The maximum atomic E-state index is 12.4. The van der Waals surface area contributed by atoms with Crippen molar-refractivity contribution in [3.8, 4) is 0 Å². The second-order valence-corrected chi connectivity index (χ2v) is 10.6. The monoisotopic (exact) mass is 440 g/mol. The molecule has 5 nitrogen and oxygen atoms in total. The molecule has 4 rings (SSSR count). The molecule has 2 aliphatic heterocycles. The average molecular weight is 441 g/mol. The molecule has 2 bridgehead atoms. The Balaban J connectivity index is 1.12. The van der Waals surface area contributed by atoms with E-state index in [0.29, 0.717) is 12.5 Å². The molecule has 3 aliphatic rings. The van der Waals surface area contributed by atoms with E-state index in [1.54, 1.807) is 0 Å². The Morgan fingerprint density at radius 3 is 2.78 bits per heavy atom. The first kappa shape index (κ1) is 23.7. The summed E-state index contributed by atoms with van der Waals surface area (Å²) in [6.45, 7) is 6.35. The molecular formula is C27H44N4O. The fourth-order valence-electron chi connectivity index (χ4n) is 6.23. The van der Waals surface area contributed by atoms with E-state index in [2.05, 4.69) is 57.8 Å². The third kappa shape index (κ3) is 7.03. The predicted octanol–water partition coefficient (Wildman–Crippen LogP) is 3.65. The van der Waals surface area contributed by atoms with Gasteiger partial charge in [0.25, 0.3) is 0 Å². The minimum atomic E-state index is 0.227. The van der Waals surface area contributed by atoms with E-state index in [1.165, 1.54) is 57.2 Å². The number of piperidine rings is 2. The van der Waals surface area contributed by atoms with Crippen LogP contribution in [0.5, 0.6) is 0 Å². The first-order valence-corrected chi connectivity index (χ1v) is 13.1. The van der Waals surface area contributed by atoms with Crippen molar-refractivity contribution in [3.05, 3.63) is 35.9 Å². The zero-order valence-electron chi connectivity index (χ0n) is 20.1. The summed E-state index contributed by atoms with van der Waals surface area (Å²) in [4.78, 5) is 17.5. The maximum absolute atomic E-state index is 12.4. The quantitative estimate of drug-likeness (QED) is 0.583. The number of carbonyl (C=O) groups excluding carboxylic acids is 1. The number of hydrogen-bond acceptors (Lipinski definition) is 4. The highest BCUT2D eigenvalue weighted by Gasteiger charge is 2.36. The normalized spacial score (nSPS) is 26.9. The molecule has 0 aromatic heterocycles. The number of nitrogens with zero attached hydrogens (tertiary/aromatic N) is 2. The summed E-state index contributed by atoms with van der Waals surface area (Å²) in [5.74, 6) is 1.72. The average Bonchev–Trinajstić information content (AvgIpc) is 2.82. The van der Waals surface area contributed by atoms with Gasteiger partial charge in [-0.25, -0.2) is 0 Å². The second-order valence-electron chi connectivity index (χ2n) is 10.6. The van der Waals surface area contributed by atoms with Crippen LogP contribution in [0.1, 0.15) is 63.4 Å². The Morgan fingerprint density at radius 1 is 1.16 bits per heavy atom. The van der Waals surface area contributed by atoms with E-state index in [-0.39, 0.29) is 5.91 Å². The summed E-state index contributed by atoms with van der Waals surface area (Å²) < 4.78 is 0. The van der Waals surface area contributed by atoms with Gasteiger partial charge in [-0.2, -0.15) is 0 Å². The van der Waals surface area contributed by atoms with E-state index in [9.17, 15) is 4.79 Å². The van der Waals surface area contributed by atoms with Crippen molar-refractivity contribution in [2.24, 2.45) is 11.8 Å². The lowest BCUT2D eigenvalue weighted by molar-refractivity contribution is -0.121. The van der Waals surface area contributed by atoms with Crippen molar-refractivity contribution in [3.63, 3.8) is 0 Å². The van der Waals surface area contributed by atoms with E-state index < -0.39 is 0 Å². The second kappa shape index (κ2) is 12.2. The first-order chi connectivity index (χ1) is 15.7. The van der Waals surface area contributed by atoms with Gasteiger partial charge in [-0.15, -0.1) is 0 Å². The van der Waals surface area contributed by atoms with E-state index in [0.717, 1.165) is 56.9 Å². The van der Waals surface area contributed by atoms with Gasteiger partial charge in [0.15, 0.2) is 0 Å². The van der Waals surface area contributed by atoms with E-state index in [1.807, 2.05) is 0 Å². The van der Waals surface area contributed by atoms with Crippen molar-refractivity contribution >= 4 is 5.91 Å². The van der Waals surface area contributed by atoms with Crippen LogP contribution in [0.2, 0.25) is 0 Å². The topological polar surface area (TPSA) is 47.6 Å². The van der Waals surface area contributed by atoms with Gasteiger partial charge < -0.3 is 15.5 Å². The lowest BCUT2D eigenvalue weighted by Gasteiger charge is -2.46. The molecule has 1 saturated carbocycles. The maximum Gasteiger partial charge on any atom is 0.220 e. The Hall–Kier alpha value is -1.43. The van der Waals surface area contributed by atoms with Gasteiger partial charge in [0, 0.05) is 51.2 Å². The molecule has 3 atom stereocenters. The molecule has 2 heterocycles. The van der Waals surface area contributed by atoms with Crippen LogP contribution in [0.15, 0.2) is 30.3 Å². The third-order valence-corrected chi connectivity index (χ3v) is 8.04. The summed E-state index contributed by atoms with van der Waals surface area (Å²) in [6, 6.07) is 12.2. The summed E-state index contributed by atoms with van der Waals surface area (Å²) >= 11 is 0. The number of benzene rings is 1. The first-order valence-electron chi connectivity index (χ1n) is 13.1. The molecule has 1 aliphatic carbocycles. The van der Waals surface area contributed by atoms with Crippen molar-refractivity contribution in [1.82, 2.24) is 20.4 Å². The molecule has 3 fully saturated rings. The molecule has 0 spiro atoms. The highest BCUT2D eigenvalue weighted by atomic mass is 16.1. The van der Waals surface area contributed by atoms with Crippen LogP contribution in [-0.2, 0) is 11.3 Å². The summed E-state index contributed by atoms with van der Waals surface area (Å²) in [7, 11) is 2.22. The lowest BCUT2D eigenvalue weighted by Crippen LogP contribution is -2.55. The number of likely N-dealkylation sites (tertiary alicyclic amines) is 1. The molecule has 2 N–H and O–H groups in total. The Kier molecular flexibility index (Phi) is 9.01. The highest BCUT2D eigenvalue weighted by Crippen LogP contribution is 2.31. The molecule has 32 heavy (non-hydrogen) atoms. The molecule has 1 amide bonds. The number of rotatable bonds is 10. The molecule has 178 valence electrons. The fourth-order valence-corrected chi connectivity index (χ4v) is 6.23. The molecule has 5 heteroatoms. The molecule has 0 radical (unpaired) electrons. The van der Waals surface area contributed by atoms with Crippen molar-refractivity contribution in [2.45, 2.75) is 76.4 Å². The number of amides is 1. The zero-order chi connectivity index (χ0) is 22.2. The van der Waals surface area contributed by atoms with Gasteiger partial charge in [-0.3, -0.25) is 9.69 Å². The molecular weight excluding hydrogens is 396 g/mol. The summed E-state index contributed by atoms with van der Waals surface area (Å²) in [6.07, 6.45) is 10.9.